The Hall–Kier alpha value is -0.770. The highest BCUT2D eigenvalue weighted by molar-refractivity contribution is 5.74. The minimum Gasteiger partial charge on any atom is -0.338 e. The molecule has 0 radical (unpaired) electrons. The maximum atomic E-state index is 11.9. The second-order valence-corrected chi connectivity index (χ2v) is 4.95. The summed E-state index contributed by atoms with van der Waals surface area (Å²) < 4.78 is 0. The lowest BCUT2D eigenvalue weighted by molar-refractivity contribution is 0.206. The van der Waals surface area contributed by atoms with E-state index in [1.807, 2.05) is 4.90 Å². The van der Waals surface area contributed by atoms with Crippen molar-refractivity contribution in [1.82, 2.24) is 15.5 Å². The number of hydrogen-bond acceptors (Lipinski definition) is 2. The number of fused-ring (bicyclic) bond motifs is 1. The van der Waals surface area contributed by atoms with Gasteiger partial charge in [0.15, 0.2) is 0 Å². The molecular weight excluding hydrogens is 202 g/mol. The molecule has 0 aromatic carbocycles. The van der Waals surface area contributed by atoms with Gasteiger partial charge in [-0.05, 0) is 31.7 Å². The van der Waals surface area contributed by atoms with E-state index in [0.29, 0.717) is 12.0 Å². The molecule has 2 aliphatic heterocycles. The average Bonchev–Trinajstić information content (AvgIpc) is 2.73. The van der Waals surface area contributed by atoms with Crippen LogP contribution >= 0.6 is 0 Å². The van der Waals surface area contributed by atoms with Gasteiger partial charge < -0.3 is 15.5 Å². The number of carbonyl (C=O) groups excluding carboxylic acids is 1. The summed E-state index contributed by atoms with van der Waals surface area (Å²) in [5.41, 5.74) is 0. The number of likely N-dealkylation sites (tertiary alicyclic amines) is 1. The molecule has 2 N–H and O–H groups in total. The van der Waals surface area contributed by atoms with Crippen LogP contribution in [0, 0.1) is 5.92 Å². The van der Waals surface area contributed by atoms with E-state index in [1.54, 1.807) is 0 Å². The van der Waals surface area contributed by atoms with Gasteiger partial charge in [-0.25, -0.2) is 4.79 Å². The summed E-state index contributed by atoms with van der Waals surface area (Å²) in [5, 5.41) is 6.51. The highest BCUT2D eigenvalue weighted by Crippen LogP contribution is 2.24. The molecule has 0 aromatic heterocycles. The van der Waals surface area contributed by atoms with Crippen LogP contribution in [0.1, 0.15) is 32.6 Å². The minimum atomic E-state index is 0.129. The molecule has 4 nitrogen and oxygen atoms in total. The van der Waals surface area contributed by atoms with Crippen LogP contribution in [0.5, 0.6) is 0 Å². The van der Waals surface area contributed by atoms with E-state index in [-0.39, 0.29) is 6.03 Å². The molecule has 2 rings (SSSR count). The third-order valence-corrected chi connectivity index (χ3v) is 3.69. The van der Waals surface area contributed by atoms with Gasteiger partial charge in [0, 0.05) is 25.7 Å². The van der Waals surface area contributed by atoms with Crippen molar-refractivity contribution in [1.29, 1.82) is 0 Å². The van der Waals surface area contributed by atoms with E-state index >= 15 is 0 Å². The highest BCUT2D eigenvalue weighted by atomic mass is 16.2. The molecule has 0 bridgehead atoms. The van der Waals surface area contributed by atoms with Gasteiger partial charge in [-0.15, -0.1) is 0 Å². The van der Waals surface area contributed by atoms with Gasteiger partial charge in [-0.1, -0.05) is 13.3 Å². The summed E-state index contributed by atoms with van der Waals surface area (Å²) in [6, 6.07) is 0.676. The molecule has 2 heterocycles. The fourth-order valence-corrected chi connectivity index (χ4v) is 2.70. The van der Waals surface area contributed by atoms with Gasteiger partial charge in [-0.2, -0.15) is 0 Å². The number of nitrogens with one attached hydrogen (secondary N) is 2. The van der Waals surface area contributed by atoms with E-state index in [1.165, 1.54) is 12.8 Å². The molecule has 2 aliphatic rings. The first-order valence-electron chi connectivity index (χ1n) is 6.57. The van der Waals surface area contributed by atoms with E-state index in [2.05, 4.69) is 17.6 Å². The molecule has 16 heavy (non-hydrogen) atoms. The summed E-state index contributed by atoms with van der Waals surface area (Å²) in [5.74, 6) is 0.686. The van der Waals surface area contributed by atoms with Gasteiger partial charge in [0.25, 0.3) is 0 Å². The molecule has 0 spiro atoms. The number of amides is 2. The minimum absolute atomic E-state index is 0.129. The van der Waals surface area contributed by atoms with Gasteiger partial charge in [0.2, 0.25) is 0 Å². The third kappa shape index (κ3) is 2.67. The fraction of sp³-hybridized carbons (Fsp3) is 0.917. The number of rotatable bonds is 3. The topological polar surface area (TPSA) is 44.4 Å². The molecule has 0 saturated carbocycles. The first-order chi connectivity index (χ1) is 7.81. The van der Waals surface area contributed by atoms with Crippen LogP contribution in [0.15, 0.2) is 0 Å². The first kappa shape index (κ1) is 11.7. The standard InChI is InChI=1S/C12H23N3O/c1-2-3-6-14-12(16)15-8-10-5-4-7-13-11(10)9-15/h10-11,13H,2-9H2,1H3,(H,14,16)/t10-,11+/m0/s1. The Labute approximate surface area is 97.8 Å². The molecular formula is C12H23N3O. The second kappa shape index (κ2) is 5.53. The Balaban J connectivity index is 1.76. The molecule has 0 aliphatic carbocycles. The predicted molar refractivity (Wildman–Crippen MR) is 64.4 cm³/mol. The van der Waals surface area contributed by atoms with Crippen molar-refractivity contribution in [3.05, 3.63) is 0 Å². The molecule has 0 unspecified atom stereocenters. The predicted octanol–water partition coefficient (Wildman–Crippen LogP) is 1.18. The molecule has 2 atom stereocenters. The summed E-state index contributed by atoms with van der Waals surface area (Å²) in [7, 11) is 0. The monoisotopic (exact) mass is 225 g/mol. The van der Waals surface area contributed by atoms with Crippen molar-refractivity contribution in [2.75, 3.05) is 26.2 Å². The van der Waals surface area contributed by atoms with Crippen molar-refractivity contribution in [3.63, 3.8) is 0 Å². The van der Waals surface area contributed by atoms with Crippen molar-refractivity contribution in [2.45, 2.75) is 38.6 Å². The Kier molecular flexibility index (Phi) is 4.04. The summed E-state index contributed by atoms with van der Waals surface area (Å²) in [4.78, 5) is 13.8. The molecule has 2 saturated heterocycles. The molecule has 0 aromatic rings. The zero-order chi connectivity index (χ0) is 11.4. The van der Waals surface area contributed by atoms with Crippen LogP contribution in [0.25, 0.3) is 0 Å². The Morgan fingerprint density at radius 2 is 2.38 bits per heavy atom. The fourth-order valence-electron chi connectivity index (χ4n) is 2.70. The highest BCUT2D eigenvalue weighted by Gasteiger charge is 2.36. The third-order valence-electron chi connectivity index (χ3n) is 3.69. The van der Waals surface area contributed by atoms with Gasteiger partial charge in [-0.3, -0.25) is 0 Å². The van der Waals surface area contributed by atoms with Crippen LogP contribution < -0.4 is 10.6 Å². The number of piperidine rings is 1. The van der Waals surface area contributed by atoms with E-state index in [9.17, 15) is 4.79 Å². The van der Waals surface area contributed by atoms with Crippen molar-refractivity contribution in [2.24, 2.45) is 5.92 Å². The van der Waals surface area contributed by atoms with E-state index in [0.717, 1.165) is 39.0 Å². The summed E-state index contributed by atoms with van der Waals surface area (Å²) in [6.07, 6.45) is 4.74. The molecule has 4 heteroatoms. The Morgan fingerprint density at radius 1 is 1.50 bits per heavy atom. The number of carbonyl (C=O) groups is 1. The van der Waals surface area contributed by atoms with Crippen molar-refractivity contribution in [3.8, 4) is 0 Å². The quantitative estimate of drug-likeness (QED) is 0.708. The van der Waals surface area contributed by atoms with E-state index in [4.69, 9.17) is 0 Å². The van der Waals surface area contributed by atoms with Crippen LogP contribution in [-0.4, -0.2) is 43.2 Å². The van der Waals surface area contributed by atoms with Crippen molar-refractivity contribution >= 4 is 6.03 Å². The molecule has 92 valence electrons. The largest absolute Gasteiger partial charge is 0.338 e. The zero-order valence-electron chi connectivity index (χ0n) is 10.2. The van der Waals surface area contributed by atoms with Gasteiger partial charge >= 0.3 is 6.03 Å². The number of hydrogen-bond donors (Lipinski definition) is 2. The smallest absolute Gasteiger partial charge is 0.317 e. The van der Waals surface area contributed by atoms with E-state index < -0.39 is 0 Å². The van der Waals surface area contributed by atoms with Gasteiger partial charge in [0.1, 0.15) is 0 Å². The van der Waals surface area contributed by atoms with Gasteiger partial charge in [0.05, 0.1) is 0 Å². The maximum Gasteiger partial charge on any atom is 0.317 e. The van der Waals surface area contributed by atoms with Crippen LogP contribution in [0.3, 0.4) is 0 Å². The van der Waals surface area contributed by atoms with Crippen LogP contribution in [-0.2, 0) is 0 Å². The normalized spacial score (nSPS) is 28.9. The molecule has 2 amide bonds. The lowest BCUT2D eigenvalue weighted by atomic mass is 9.94. The summed E-state index contributed by atoms with van der Waals surface area (Å²) >= 11 is 0. The van der Waals surface area contributed by atoms with Crippen molar-refractivity contribution < 1.29 is 4.79 Å². The maximum absolute atomic E-state index is 11.9. The molecule has 2 fully saturated rings. The SMILES string of the molecule is CCCCNC(=O)N1C[C@@H]2CCCN[C@@H]2C1. The lowest BCUT2D eigenvalue weighted by Gasteiger charge is -2.24. The van der Waals surface area contributed by atoms with Crippen LogP contribution in [0.2, 0.25) is 0 Å². The number of unbranched alkanes of at least 4 members (excludes halogenated alkanes) is 1. The summed E-state index contributed by atoms with van der Waals surface area (Å²) in [6.45, 7) is 5.90. The Morgan fingerprint density at radius 3 is 3.12 bits per heavy atom. The second-order valence-electron chi connectivity index (χ2n) is 4.95. The first-order valence-corrected chi connectivity index (χ1v) is 6.57. The number of urea groups is 1. The average molecular weight is 225 g/mol. The lowest BCUT2D eigenvalue weighted by Crippen LogP contribution is -2.42. The zero-order valence-corrected chi connectivity index (χ0v) is 10.2. The van der Waals surface area contributed by atoms with Crippen LogP contribution in [0.4, 0.5) is 4.79 Å². The number of nitrogens with zero attached hydrogens (tertiary/aromatic N) is 1. The Bertz CT molecular complexity index is 230.